The molecule has 0 aromatic carbocycles. The molecule has 0 saturated heterocycles. The molecule has 1 aliphatic carbocycles. The zero-order valence-electron chi connectivity index (χ0n) is 14.1. The molecule has 1 rings (SSSR count). The number of nitrogens with one attached hydrogen (secondary N) is 1. The molecule has 1 saturated carbocycles. The molecule has 4 heteroatoms. The number of hydrogen-bond donors (Lipinski definition) is 2. The van der Waals surface area contributed by atoms with Gasteiger partial charge in [0.25, 0.3) is 0 Å². The Kier molecular flexibility index (Phi) is 11.2. The Bertz CT molecular complexity index is 284. The van der Waals surface area contributed by atoms with Crippen LogP contribution in [0.1, 0.15) is 65.7 Å². The molecule has 0 spiro atoms. The maximum absolute atomic E-state index is 12.4. The normalized spacial score (nSPS) is 25.5. The Balaban J connectivity index is 0.00000400. The third-order valence-corrected chi connectivity index (χ3v) is 4.79. The first kappa shape index (κ1) is 20.7. The van der Waals surface area contributed by atoms with Crippen LogP contribution in [0.2, 0.25) is 0 Å². The summed E-state index contributed by atoms with van der Waals surface area (Å²) in [4.78, 5) is 12.4. The van der Waals surface area contributed by atoms with Crippen molar-refractivity contribution in [2.24, 2.45) is 29.4 Å². The molecule has 126 valence electrons. The lowest BCUT2D eigenvalue weighted by Crippen LogP contribution is -2.40. The zero-order chi connectivity index (χ0) is 15.0. The molecule has 1 fully saturated rings. The lowest BCUT2D eigenvalue weighted by molar-refractivity contribution is -0.129. The van der Waals surface area contributed by atoms with Crippen LogP contribution >= 0.6 is 12.4 Å². The minimum absolute atomic E-state index is 0. The van der Waals surface area contributed by atoms with Crippen LogP contribution in [0.25, 0.3) is 0 Å². The van der Waals surface area contributed by atoms with E-state index < -0.39 is 0 Å². The van der Waals surface area contributed by atoms with Crippen molar-refractivity contribution < 1.29 is 4.79 Å². The fraction of sp³-hybridized carbons (Fsp3) is 0.941. The minimum Gasteiger partial charge on any atom is -0.356 e. The maximum atomic E-state index is 12.4. The van der Waals surface area contributed by atoms with Gasteiger partial charge in [0.05, 0.1) is 0 Å². The minimum atomic E-state index is 0. The van der Waals surface area contributed by atoms with Crippen LogP contribution in [0.3, 0.4) is 0 Å². The average molecular weight is 319 g/mol. The second-order valence-corrected chi connectivity index (χ2v) is 6.93. The van der Waals surface area contributed by atoms with Gasteiger partial charge >= 0.3 is 0 Å². The first-order valence-electron chi connectivity index (χ1n) is 8.54. The number of nitrogens with two attached hydrogens (primary N) is 1. The second kappa shape index (κ2) is 11.3. The van der Waals surface area contributed by atoms with Gasteiger partial charge in [0.15, 0.2) is 0 Å². The number of carbonyl (C=O) groups excluding carboxylic acids is 1. The summed E-state index contributed by atoms with van der Waals surface area (Å²) in [6, 6.07) is 0. The van der Waals surface area contributed by atoms with Gasteiger partial charge in [-0.05, 0) is 50.0 Å². The molecule has 3 atom stereocenters. The predicted molar refractivity (Wildman–Crippen MR) is 92.6 cm³/mol. The summed E-state index contributed by atoms with van der Waals surface area (Å²) < 4.78 is 0. The lowest BCUT2D eigenvalue weighted by atomic mass is 9.70. The SMILES string of the molecule is CC1CCC(C(C)C)C(C(=O)NCCCCCCN)C1.Cl. The van der Waals surface area contributed by atoms with E-state index in [-0.39, 0.29) is 18.3 Å². The highest BCUT2D eigenvalue weighted by Crippen LogP contribution is 2.38. The van der Waals surface area contributed by atoms with Crippen LogP contribution < -0.4 is 11.1 Å². The Morgan fingerprint density at radius 1 is 1.19 bits per heavy atom. The van der Waals surface area contributed by atoms with E-state index in [9.17, 15) is 4.79 Å². The third kappa shape index (κ3) is 7.51. The highest BCUT2D eigenvalue weighted by atomic mass is 35.5. The average Bonchev–Trinajstić information content (AvgIpc) is 2.42. The van der Waals surface area contributed by atoms with Crippen molar-refractivity contribution >= 4 is 18.3 Å². The van der Waals surface area contributed by atoms with Crippen molar-refractivity contribution in [1.29, 1.82) is 0 Å². The predicted octanol–water partition coefficient (Wildman–Crippen LogP) is 3.75. The van der Waals surface area contributed by atoms with Crippen LogP contribution in [0.4, 0.5) is 0 Å². The molecule has 0 radical (unpaired) electrons. The molecule has 0 bridgehead atoms. The van der Waals surface area contributed by atoms with E-state index in [1.165, 1.54) is 25.7 Å². The summed E-state index contributed by atoms with van der Waals surface area (Å²) in [7, 11) is 0. The van der Waals surface area contributed by atoms with Crippen molar-refractivity contribution in [3.05, 3.63) is 0 Å². The second-order valence-electron chi connectivity index (χ2n) is 6.93. The number of amides is 1. The number of rotatable bonds is 8. The number of hydrogen-bond acceptors (Lipinski definition) is 2. The number of halogens is 1. The van der Waals surface area contributed by atoms with Crippen molar-refractivity contribution in [1.82, 2.24) is 5.32 Å². The van der Waals surface area contributed by atoms with Crippen molar-refractivity contribution in [2.75, 3.05) is 13.1 Å². The first-order valence-corrected chi connectivity index (χ1v) is 8.54. The van der Waals surface area contributed by atoms with E-state index in [2.05, 4.69) is 26.1 Å². The van der Waals surface area contributed by atoms with Crippen molar-refractivity contribution in [3.8, 4) is 0 Å². The molecular weight excluding hydrogens is 284 g/mol. The first-order chi connectivity index (χ1) is 9.56. The summed E-state index contributed by atoms with van der Waals surface area (Å²) in [5.74, 6) is 2.42. The van der Waals surface area contributed by atoms with Crippen molar-refractivity contribution in [3.63, 3.8) is 0 Å². The molecule has 1 aliphatic rings. The molecular formula is C17H35ClN2O. The molecule has 21 heavy (non-hydrogen) atoms. The van der Waals surface area contributed by atoms with Gasteiger partial charge in [-0.1, -0.05) is 40.0 Å². The monoisotopic (exact) mass is 318 g/mol. The van der Waals surface area contributed by atoms with E-state index in [4.69, 9.17) is 5.73 Å². The largest absolute Gasteiger partial charge is 0.356 e. The molecule has 3 N–H and O–H groups in total. The standard InChI is InChI=1S/C17H34N2O.ClH/c1-13(2)15-9-8-14(3)12-16(15)17(20)19-11-7-5-4-6-10-18;/h13-16H,4-12,18H2,1-3H3,(H,19,20);1H. The van der Waals surface area contributed by atoms with Gasteiger partial charge in [0.2, 0.25) is 5.91 Å². The summed E-state index contributed by atoms with van der Waals surface area (Å²) in [5, 5.41) is 3.16. The Hall–Kier alpha value is -0.280. The van der Waals surface area contributed by atoms with Gasteiger partial charge in [0.1, 0.15) is 0 Å². The van der Waals surface area contributed by atoms with Crippen LogP contribution in [0.15, 0.2) is 0 Å². The van der Waals surface area contributed by atoms with Gasteiger partial charge < -0.3 is 11.1 Å². The fourth-order valence-electron chi connectivity index (χ4n) is 3.47. The fourth-order valence-corrected chi connectivity index (χ4v) is 3.47. The van der Waals surface area contributed by atoms with Gasteiger partial charge in [-0.2, -0.15) is 0 Å². The molecule has 0 aromatic heterocycles. The van der Waals surface area contributed by atoms with Gasteiger partial charge in [0, 0.05) is 12.5 Å². The number of unbranched alkanes of at least 4 members (excludes halogenated alkanes) is 3. The van der Waals surface area contributed by atoms with Crippen LogP contribution in [-0.4, -0.2) is 19.0 Å². The van der Waals surface area contributed by atoms with Gasteiger partial charge in [-0.3, -0.25) is 4.79 Å². The van der Waals surface area contributed by atoms with E-state index in [1.54, 1.807) is 0 Å². The Morgan fingerprint density at radius 2 is 1.86 bits per heavy atom. The van der Waals surface area contributed by atoms with Crippen molar-refractivity contribution in [2.45, 2.75) is 65.7 Å². The lowest BCUT2D eigenvalue weighted by Gasteiger charge is -2.36. The highest BCUT2D eigenvalue weighted by molar-refractivity contribution is 5.85. The third-order valence-electron chi connectivity index (χ3n) is 4.79. The zero-order valence-corrected chi connectivity index (χ0v) is 14.9. The molecule has 1 amide bonds. The van der Waals surface area contributed by atoms with Crippen LogP contribution in [-0.2, 0) is 4.79 Å². The van der Waals surface area contributed by atoms with Gasteiger partial charge in [-0.15, -0.1) is 12.4 Å². The molecule has 0 aliphatic heterocycles. The summed E-state index contributed by atoms with van der Waals surface area (Å²) in [5.41, 5.74) is 5.48. The molecule has 0 aromatic rings. The molecule has 3 nitrogen and oxygen atoms in total. The quantitative estimate of drug-likeness (QED) is 0.670. The van der Waals surface area contributed by atoms with Crippen LogP contribution in [0.5, 0.6) is 0 Å². The summed E-state index contributed by atoms with van der Waals surface area (Å²) in [6.07, 6.45) is 8.11. The summed E-state index contributed by atoms with van der Waals surface area (Å²) >= 11 is 0. The smallest absolute Gasteiger partial charge is 0.223 e. The van der Waals surface area contributed by atoms with Crippen LogP contribution in [0, 0.1) is 23.7 Å². The maximum Gasteiger partial charge on any atom is 0.223 e. The molecule has 0 heterocycles. The molecule has 3 unspecified atom stereocenters. The van der Waals surface area contributed by atoms with E-state index in [0.29, 0.717) is 23.7 Å². The van der Waals surface area contributed by atoms with E-state index >= 15 is 0 Å². The summed E-state index contributed by atoms with van der Waals surface area (Å²) in [6.45, 7) is 8.41. The highest BCUT2D eigenvalue weighted by Gasteiger charge is 2.34. The van der Waals surface area contributed by atoms with Gasteiger partial charge in [-0.25, -0.2) is 0 Å². The van der Waals surface area contributed by atoms with E-state index in [0.717, 1.165) is 32.4 Å². The van der Waals surface area contributed by atoms with E-state index in [1.807, 2.05) is 0 Å². The Labute approximate surface area is 137 Å². The number of carbonyl (C=O) groups is 1. The Morgan fingerprint density at radius 3 is 2.48 bits per heavy atom. The topological polar surface area (TPSA) is 55.1 Å².